The van der Waals surface area contributed by atoms with Crippen LogP contribution in [0, 0.1) is 11.3 Å². The lowest BCUT2D eigenvalue weighted by Crippen LogP contribution is -2.25. The zero-order valence-corrected chi connectivity index (χ0v) is 12.1. The van der Waals surface area contributed by atoms with Crippen LogP contribution in [-0.4, -0.2) is 20.0 Å². The van der Waals surface area contributed by atoms with Crippen molar-refractivity contribution < 1.29 is 4.79 Å². The van der Waals surface area contributed by atoms with Crippen molar-refractivity contribution in [2.45, 2.75) is 6.54 Å². The third-order valence-corrected chi connectivity index (χ3v) is 3.17. The summed E-state index contributed by atoms with van der Waals surface area (Å²) in [5.41, 5.74) is 3.11. The van der Waals surface area contributed by atoms with Crippen molar-refractivity contribution in [3.05, 3.63) is 65.2 Å². The molecule has 0 saturated heterocycles. The average molecular weight is 279 g/mol. The van der Waals surface area contributed by atoms with Crippen molar-refractivity contribution in [2.75, 3.05) is 19.0 Å². The first kappa shape index (κ1) is 14.6. The van der Waals surface area contributed by atoms with Gasteiger partial charge in [0.2, 0.25) is 0 Å². The summed E-state index contributed by atoms with van der Waals surface area (Å²) < 4.78 is 0. The molecule has 0 unspecified atom stereocenters. The molecule has 0 aliphatic heterocycles. The summed E-state index contributed by atoms with van der Waals surface area (Å²) in [5.74, 6) is -0.108. The molecule has 21 heavy (non-hydrogen) atoms. The molecule has 0 aromatic heterocycles. The largest absolute Gasteiger partial charge is 0.377 e. The van der Waals surface area contributed by atoms with Crippen LogP contribution >= 0.6 is 0 Å². The number of nitrogens with one attached hydrogen (secondary N) is 1. The Hall–Kier alpha value is -2.80. The van der Waals surface area contributed by atoms with Gasteiger partial charge in [-0.05, 0) is 29.8 Å². The van der Waals surface area contributed by atoms with Crippen LogP contribution in [-0.2, 0) is 6.54 Å². The third-order valence-electron chi connectivity index (χ3n) is 3.17. The SMILES string of the molecule is CN(C)c1ccccc1C(=O)NCc1ccc(C#N)cc1. The topological polar surface area (TPSA) is 56.1 Å². The molecule has 0 radical (unpaired) electrons. The lowest BCUT2D eigenvalue weighted by molar-refractivity contribution is 0.0951. The fraction of sp³-hybridized carbons (Fsp3) is 0.176. The zero-order chi connectivity index (χ0) is 15.2. The van der Waals surface area contributed by atoms with Crippen LogP contribution in [0.25, 0.3) is 0 Å². The molecule has 2 aromatic carbocycles. The molecule has 0 heterocycles. The second-order valence-corrected chi connectivity index (χ2v) is 4.90. The maximum absolute atomic E-state index is 12.3. The molecule has 0 atom stereocenters. The number of para-hydroxylation sites is 1. The highest BCUT2D eigenvalue weighted by atomic mass is 16.1. The number of anilines is 1. The standard InChI is InChI=1S/C17H17N3O/c1-20(2)16-6-4-3-5-15(16)17(21)19-12-14-9-7-13(11-18)8-10-14/h3-10H,12H2,1-2H3,(H,19,21). The van der Waals surface area contributed by atoms with E-state index < -0.39 is 0 Å². The van der Waals surface area contributed by atoms with Crippen LogP contribution in [0.5, 0.6) is 0 Å². The Kier molecular flexibility index (Phi) is 4.57. The van der Waals surface area contributed by atoms with Crippen LogP contribution in [0.1, 0.15) is 21.5 Å². The summed E-state index contributed by atoms with van der Waals surface area (Å²) >= 11 is 0. The van der Waals surface area contributed by atoms with E-state index in [2.05, 4.69) is 11.4 Å². The van der Waals surface area contributed by atoms with E-state index in [4.69, 9.17) is 5.26 Å². The van der Waals surface area contributed by atoms with Crippen molar-refractivity contribution in [1.82, 2.24) is 5.32 Å². The van der Waals surface area contributed by atoms with Crippen LogP contribution < -0.4 is 10.2 Å². The predicted molar refractivity (Wildman–Crippen MR) is 83.1 cm³/mol. The minimum Gasteiger partial charge on any atom is -0.377 e. The summed E-state index contributed by atoms with van der Waals surface area (Å²) in [4.78, 5) is 14.2. The number of nitriles is 1. The minimum absolute atomic E-state index is 0.108. The molecule has 4 heteroatoms. The molecule has 1 N–H and O–H groups in total. The molecule has 1 amide bonds. The first-order valence-corrected chi connectivity index (χ1v) is 6.65. The Morgan fingerprint density at radius 2 is 1.81 bits per heavy atom. The first-order valence-electron chi connectivity index (χ1n) is 6.65. The Balaban J connectivity index is 2.06. The van der Waals surface area contributed by atoms with Crippen molar-refractivity contribution in [3.63, 3.8) is 0 Å². The predicted octanol–water partition coefficient (Wildman–Crippen LogP) is 2.55. The first-order chi connectivity index (χ1) is 10.1. The number of carbonyl (C=O) groups is 1. The Bertz CT molecular complexity index is 669. The van der Waals surface area contributed by atoms with Gasteiger partial charge in [-0.25, -0.2) is 0 Å². The Morgan fingerprint density at radius 1 is 1.14 bits per heavy atom. The van der Waals surface area contributed by atoms with E-state index in [9.17, 15) is 4.79 Å². The number of carbonyl (C=O) groups excluding carboxylic acids is 1. The maximum atomic E-state index is 12.3. The van der Waals surface area contributed by atoms with Gasteiger partial charge in [0, 0.05) is 26.3 Å². The van der Waals surface area contributed by atoms with Gasteiger partial charge < -0.3 is 10.2 Å². The number of benzene rings is 2. The molecule has 106 valence electrons. The maximum Gasteiger partial charge on any atom is 0.253 e. The monoisotopic (exact) mass is 279 g/mol. The summed E-state index contributed by atoms with van der Waals surface area (Å²) in [6.45, 7) is 0.437. The van der Waals surface area contributed by atoms with Crippen molar-refractivity contribution in [1.29, 1.82) is 5.26 Å². The van der Waals surface area contributed by atoms with Gasteiger partial charge in [0.25, 0.3) is 5.91 Å². The number of rotatable bonds is 4. The van der Waals surface area contributed by atoms with E-state index in [0.717, 1.165) is 11.3 Å². The van der Waals surface area contributed by atoms with E-state index in [1.54, 1.807) is 12.1 Å². The van der Waals surface area contributed by atoms with Gasteiger partial charge in [0.05, 0.1) is 17.2 Å². The number of amides is 1. The van der Waals surface area contributed by atoms with Gasteiger partial charge in [0.15, 0.2) is 0 Å². The van der Waals surface area contributed by atoms with E-state index in [1.165, 1.54) is 0 Å². The minimum atomic E-state index is -0.108. The quantitative estimate of drug-likeness (QED) is 0.935. The van der Waals surface area contributed by atoms with E-state index >= 15 is 0 Å². The molecule has 0 spiro atoms. The van der Waals surface area contributed by atoms with Crippen LogP contribution in [0.2, 0.25) is 0 Å². The molecular weight excluding hydrogens is 262 g/mol. The van der Waals surface area contributed by atoms with Gasteiger partial charge >= 0.3 is 0 Å². The van der Waals surface area contributed by atoms with Crippen molar-refractivity contribution in [2.24, 2.45) is 0 Å². The fourth-order valence-corrected chi connectivity index (χ4v) is 2.03. The van der Waals surface area contributed by atoms with Gasteiger partial charge in [0.1, 0.15) is 0 Å². The normalized spacial score (nSPS) is 9.76. The molecule has 4 nitrogen and oxygen atoms in total. The molecule has 2 rings (SSSR count). The van der Waals surface area contributed by atoms with E-state index in [-0.39, 0.29) is 5.91 Å². The smallest absolute Gasteiger partial charge is 0.253 e. The van der Waals surface area contributed by atoms with Crippen LogP contribution in [0.15, 0.2) is 48.5 Å². The lowest BCUT2D eigenvalue weighted by atomic mass is 10.1. The zero-order valence-electron chi connectivity index (χ0n) is 12.1. The molecule has 0 aliphatic carbocycles. The third kappa shape index (κ3) is 3.61. The van der Waals surface area contributed by atoms with Gasteiger partial charge in [-0.15, -0.1) is 0 Å². The lowest BCUT2D eigenvalue weighted by Gasteiger charge is -2.16. The van der Waals surface area contributed by atoms with E-state index in [1.807, 2.05) is 55.4 Å². The second-order valence-electron chi connectivity index (χ2n) is 4.90. The number of hydrogen-bond donors (Lipinski definition) is 1. The van der Waals surface area contributed by atoms with Crippen molar-refractivity contribution in [3.8, 4) is 6.07 Å². The Morgan fingerprint density at radius 3 is 2.43 bits per heavy atom. The van der Waals surface area contributed by atoms with Crippen LogP contribution in [0.4, 0.5) is 5.69 Å². The fourth-order valence-electron chi connectivity index (χ4n) is 2.03. The number of nitrogens with zero attached hydrogens (tertiary/aromatic N) is 2. The summed E-state index contributed by atoms with van der Waals surface area (Å²) in [7, 11) is 3.82. The average Bonchev–Trinajstić information content (AvgIpc) is 2.53. The van der Waals surface area contributed by atoms with Gasteiger partial charge in [-0.2, -0.15) is 5.26 Å². The summed E-state index contributed by atoms with van der Waals surface area (Å²) in [5, 5.41) is 11.7. The molecule has 0 bridgehead atoms. The van der Waals surface area contributed by atoms with Crippen LogP contribution in [0.3, 0.4) is 0 Å². The molecule has 0 fully saturated rings. The molecular formula is C17H17N3O. The molecule has 0 aliphatic rings. The molecule has 0 saturated carbocycles. The highest BCUT2D eigenvalue weighted by Crippen LogP contribution is 2.17. The molecule has 2 aromatic rings. The van der Waals surface area contributed by atoms with E-state index in [0.29, 0.717) is 17.7 Å². The summed E-state index contributed by atoms with van der Waals surface area (Å²) in [6.07, 6.45) is 0. The van der Waals surface area contributed by atoms with Gasteiger partial charge in [-0.3, -0.25) is 4.79 Å². The second kappa shape index (κ2) is 6.58. The highest BCUT2D eigenvalue weighted by molar-refractivity contribution is 5.99. The Labute approximate surface area is 124 Å². The highest BCUT2D eigenvalue weighted by Gasteiger charge is 2.11. The van der Waals surface area contributed by atoms with Crippen molar-refractivity contribution >= 4 is 11.6 Å². The summed E-state index contributed by atoms with van der Waals surface area (Å²) in [6, 6.07) is 16.7. The van der Waals surface area contributed by atoms with Gasteiger partial charge in [-0.1, -0.05) is 24.3 Å². The number of hydrogen-bond acceptors (Lipinski definition) is 3.